The highest BCUT2D eigenvalue weighted by atomic mass is 32.9. The molecule has 2 aliphatic heterocycles. The van der Waals surface area contributed by atoms with E-state index in [1.165, 1.54) is 4.88 Å². The third-order valence-electron chi connectivity index (χ3n) is 7.36. The molecule has 4 rings (SSSR count). The minimum Gasteiger partial charge on any atom is -0.507 e. The Labute approximate surface area is 227 Å². The van der Waals surface area contributed by atoms with Gasteiger partial charge < -0.3 is 25.1 Å². The van der Waals surface area contributed by atoms with Crippen LogP contribution in [-0.4, -0.2) is 114 Å². The van der Waals surface area contributed by atoms with E-state index in [2.05, 4.69) is 38.7 Å². The molecule has 3 N–H and O–H groups in total. The normalized spacial score (nSPS) is 18.8. The van der Waals surface area contributed by atoms with Crippen molar-refractivity contribution in [3.8, 4) is 16.2 Å². The predicted octanol–water partition coefficient (Wildman–Crippen LogP) is 3.22. The van der Waals surface area contributed by atoms with Gasteiger partial charge in [0.05, 0.1) is 4.88 Å². The highest BCUT2D eigenvalue weighted by Crippen LogP contribution is 2.38. The molecule has 0 aliphatic carbocycles. The number of benzene rings is 1. The fraction of sp³-hybridized carbons (Fsp3) is 0.654. The Morgan fingerprint density at radius 3 is 1.58 bits per heavy atom. The van der Waals surface area contributed by atoms with Crippen molar-refractivity contribution in [1.82, 2.24) is 19.6 Å². The van der Waals surface area contributed by atoms with Crippen molar-refractivity contribution in [1.29, 1.82) is 0 Å². The Morgan fingerprint density at radius 2 is 1.19 bits per heavy atom. The summed E-state index contributed by atoms with van der Waals surface area (Å²) < 4.78 is 0.948. The topological polar surface area (TPSA) is 73.7 Å². The summed E-state index contributed by atoms with van der Waals surface area (Å²) in [4.78, 5) is 10.9. The van der Waals surface area contributed by atoms with Gasteiger partial charge in [-0.2, -0.15) is 0 Å². The number of aliphatic hydroxyl groups excluding tert-OH is 2. The van der Waals surface area contributed by atoms with Crippen LogP contribution >= 0.6 is 32.9 Å². The Balaban J connectivity index is 1.50. The van der Waals surface area contributed by atoms with Crippen molar-refractivity contribution in [2.24, 2.45) is 0 Å². The quantitative estimate of drug-likeness (QED) is 0.290. The number of rotatable bonds is 11. The highest BCUT2D eigenvalue weighted by molar-refractivity contribution is 7.80. The van der Waals surface area contributed by atoms with Crippen molar-refractivity contribution >= 4 is 32.9 Å². The molecular weight excluding hydrogens is 513 g/mol. The van der Waals surface area contributed by atoms with Gasteiger partial charge in [-0.1, -0.05) is 32.9 Å². The number of phenols is 1. The molecule has 36 heavy (non-hydrogen) atoms. The molecule has 0 radical (unpaired) electrons. The summed E-state index contributed by atoms with van der Waals surface area (Å²) in [5, 5.41) is 29.6. The molecule has 2 aliphatic rings. The number of hydrogen-bond acceptors (Lipinski definition) is 10. The molecule has 0 atom stereocenters. The van der Waals surface area contributed by atoms with Crippen molar-refractivity contribution in [2.45, 2.75) is 32.9 Å². The molecule has 2 saturated heterocycles. The summed E-state index contributed by atoms with van der Waals surface area (Å²) in [7, 11) is 3.39. The van der Waals surface area contributed by atoms with Crippen LogP contribution in [0.5, 0.6) is 5.75 Å². The first kappa shape index (κ1) is 28.1. The summed E-state index contributed by atoms with van der Waals surface area (Å²) >= 11 is 5.53. The highest BCUT2D eigenvalue weighted by Gasteiger charge is 2.22. The first-order valence-electron chi connectivity index (χ1n) is 13.0. The van der Waals surface area contributed by atoms with E-state index in [1.54, 1.807) is 20.7 Å². The summed E-state index contributed by atoms with van der Waals surface area (Å²) in [5.41, 5.74) is 4.32. The lowest BCUT2D eigenvalue weighted by atomic mass is 10.00. The summed E-state index contributed by atoms with van der Waals surface area (Å²) in [6.45, 7) is 13.8. The van der Waals surface area contributed by atoms with Crippen molar-refractivity contribution < 1.29 is 15.3 Å². The van der Waals surface area contributed by atoms with Gasteiger partial charge in [0, 0.05) is 103 Å². The third-order valence-corrected chi connectivity index (χ3v) is 10.7. The molecule has 7 nitrogen and oxygen atoms in total. The monoisotopic (exact) mass is 552 g/mol. The van der Waals surface area contributed by atoms with Gasteiger partial charge in [-0.25, -0.2) is 0 Å². The zero-order chi connectivity index (χ0) is 25.5. The van der Waals surface area contributed by atoms with Crippen LogP contribution in [-0.2, 0) is 13.1 Å². The fourth-order valence-electron chi connectivity index (χ4n) is 5.11. The maximum absolute atomic E-state index is 11.4. The van der Waals surface area contributed by atoms with Crippen LogP contribution in [0, 0.1) is 10.7 Å². The Morgan fingerprint density at radius 1 is 0.750 bits per heavy atom. The molecule has 0 amide bonds. The van der Waals surface area contributed by atoms with Gasteiger partial charge in [0.25, 0.3) is 0 Å². The van der Waals surface area contributed by atoms with E-state index in [4.69, 9.17) is 22.4 Å². The van der Waals surface area contributed by atoms with Gasteiger partial charge >= 0.3 is 0 Å². The van der Waals surface area contributed by atoms with Crippen molar-refractivity contribution in [3.63, 3.8) is 0 Å². The molecule has 1 aromatic carbocycles. The molecule has 200 valence electrons. The second-order valence-corrected chi connectivity index (χ2v) is 12.8. The minimum atomic E-state index is 0.246. The lowest BCUT2D eigenvalue weighted by Gasteiger charge is -2.35. The number of nitrogens with zero attached hydrogens (tertiary/aromatic N) is 4. The molecule has 0 spiro atoms. The van der Waals surface area contributed by atoms with Gasteiger partial charge in [0.15, 0.2) is 0 Å². The fourth-order valence-corrected chi connectivity index (χ4v) is 7.99. The number of piperazine rings is 2. The van der Waals surface area contributed by atoms with Gasteiger partial charge in [-0.15, -0.1) is 0 Å². The molecule has 0 saturated carbocycles. The Bertz CT molecular complexity index is 977. The molecule has 3 heterocycles. The number of phenolic OH excluding ortho intramolecular Hbond substituents is 1. The van der Waals surface area contributed by atoms with E-state index in [0.29, 0.717) is 5.75 Å². The van der Waals surface area contributed by atoms with Crippen LogP contribution in [0.25, 0.3) is 10.4 Å². The van der Waals surface area contributed by atoms with Gasteiger partial charge in [0.2, 0.25) is 0 Å². The SMILES string of the molecule is Cc1c(-c2cc(CN3CCN(CCCO)CC3)c(O)c(CN3CCN(CCCO)CC3)c2)ssc1=S. The molecular formula is C26H40N4O3S3. The average molecular weight is 553 g/mol. The van der Waals surface area contributed by atoms with E-state index in [0.717, 1.165) is 117 Å². The standard InChI is InChI=1S/C26H40N4O3S3/c1-20-25(35-36-26(20)34)21-16-22(18-29-10-6-27(7-11-29)4-2-14-31)24(33)23(17-21)19-30-12-8-28(9-13-30)5-3-15-32/h16-17,31-33H,2-15,18-19H2,1H3. The van der Waals surface area contributed by atoms with Gasteiger partial charge in [-0.05, 0) is 43.0 Å². The summed E-state index contributed by atoms with van der Waals surface area (Å²) in [5.74, 6) is 0.431. The second kappa shape index (κ2) is 13.7. The van der Waals surface area contributed by atoms with Crippen LogP contribution in [0.4, 0.5) is 0 Å². The largest absolute Gasteiger partial charge is 0.507 e. The van der Waals surface area contributed by atoms with E-state index in [9.17, 15) is 5.11 Å². The van der Waals surface area contributed by atoms with E-state index in [1.807, 2.05) is 0 Å². The Kier molecular flexibility index (Phi) is 10.7. The maximum atomic E-state index is 11.4. The zero-order valence-corrected chi connectivity index (χ0v) is 23.8. The second-order valence-electron chi connectivity index (χ2n) is 9.94. The average Bonchev–Trinajstić information content (AvgIpc) is 3.23. The van der Waals surface area contributed by atoms with Gasteiger partial charge in [-0.3, -0.25) is 9.80 Å². The zero-order valence-electron chi connectivity index (χ0n) is 21.3. The lowest BCUT2D eigenvalue weighted by molar-refractivity contribution is 0.117. The molecule has 10 heteroatoms. The van der Waals surface area contributed by atoms with Crippen LogP contribution in [0.1, 0.15) is 29.5 Å². The van der Waals surface area contributed by atoms with E-state index in [-0.39, 0.29) is 13.2 Å². The smallest absolute Gasteiger partial charge is 0.124 e. The molecule has 2 aromatic rings. The molecule has 0 unspecified atom stereocenters. The van der Waals surface area contributed by atoms with Gasteiger partial charge in [0.1, 0.15) is 9.57 Å². The Hall–Kier alpha value is -0.950. The lowest BCUT2D eigenvalue weighted by Crippen LogP contribution is -2.46. The minimum absolute atomic E-state index is 0.246. The third kappa shape index (κ3) is 7.33. The van der Waals surface area contributed by atoms with E-state index >= 15 is 0 Å². The first-order valence-corrected chi connectivity index (χ1v) is 15.6. The van der Waals surface area contributed by atoms with Crippen LogP contribution in [0.3, 0.4) is 0 Å². The number of aromatic hydroxyl groups is 1. The van der Waals surface area contributed by atoms with Crippen LogP contribution in [0.15, 0.2) is 12.1 Å². The van der Waals surface area contributed by atoms with E-state index < -0.39 is 0 Å². The van der Waals surface area contributed by atoms with Crippen molar-refractivity contribution in [3.05, 3.63) is 32.6 Å². The summed E-state index contributed by atoms with van der Waals surface area (Å²) in [6.07, 6.45) is 1.65. The molecule has 0 bridgehead atoms. The van der Waals surface area contributed by atoms with Crippen molar-refractivity contribution in [2.75, 3.05) is 78.7 Å². The maximum Gasteiger partial charge on any atom is 0.124 e. The van der Waals surface area contributed by atoms with Crippen LogP contribution < -0.4 is 0 Å². The molecule has 2 fully saturated rings. The predicted molar refractivity (Wildman–Crippen MR) is 152 cm³/mol. The molecule has 1 aromatic heterocycles. The first-order chi connectivity index (χ1) is 17.5. The number of aliphatic hydroxyl groups is 2. The number of hydrogen-bond donors (Lipinski definition) is 3. The van der Waals surface area contributed by atoms with Crippen LogP contribution in [0.2, 0.25) is 0 Å². The summed E-state index contributed by atoms with van der Waals surface area (Å²) in [6, 6.07) is 4.34.